The zero-order chi connectivity index (χ0) is 44.0. The van der Waals surface area contributed by atoms with Crippen molar-refractivity contribution in [3.05, 3.63) is 0 Å². The van der Waals surface area contributed by atoms with Gasteiger partial charge in [0.15, 0.2) is 6.10 Å². The first-order chi connectivity index (χ1) is 29.3. The van der Waals surface area contributed by atoms with Gasteiger partial charge in [-0.05, 0) is 31.1 Å². The summed E-state index contributed by atoms with van der Waals surface area (Å²) in [6.45, 7) is 11.4. The molecule has 0 heterocycles. The Labute approximate surface area is 374 Å². The maximum atomic E-state index is 12.8. The van der Waals surface area contributed by atoms with Crippen LogP contribution in [0, 0.1) is 11.8 Å². The lowest BCUT2D eigenvalue weighted by Gasteiger charge is -2.18. The Morgan fingerprint density at radius 1 is 0.350 bits per heavy atom. The van der Waals surface area contributed by atoms with Gasteiger partial charge in [-0.2, -0.15) is 0 Å². The third-order valence-corrected chi connectivity index (χ3v) is 12.6. The van der Waals surface area contributed by atoms with Crippen LogP contribution < -0.4 is 0 Å². The molecule has 0 aliphatic heterocycles. The summed E-state index contributed by atoms with van der Waals surface area (Å²) in [6, 6.07) is 0. The van der Waals surface area contributed by atoms with Crippen LogP contribution in [0.15, 0.2) is 0 Å². The molecule has 0 aliphatic carbocycles. The molecular formula is C54H104O6. The fraction of sp³-hybridized carbons (Fsp3) is 0.944. The predicted molar refractivity (Wildman–Crippen MR) is 256 cm³/mol. The minimum atomic E-state index is -0.762. The van der Waals surface area contributed by atoms with Crippen molar-refractivity contribution in [1.82, 2.24) is 0 Å². The van der Waals surface area contributed by atoms with Crippen molar-refractivity contribution in [2.75, 3.05) is 13.2 Å². The second-order valence-corrected chi connectivity index (χ2v) is 19.2. The molecule has 0 radical (unpaired) electrons. The molecule has 0 aromatic rings. The van der Waals surface area contributed by atoms with E-state index in [0.29, 0.717) is 19.3 Å². The van der Waals surface area contributed by atoms with E-state index in [9.17, 15) is 14.4 Å². The molecule has 0 N–H and O–H groups in total. The van der Waals surface area contributed by atoms with Crippen LogP contribution in [0.1, 0.15) is 298 Å². The summed E-state index contributed by atoms with van der Waals surface area (Å²) in [5.41, 5.74) is 0. The number of carbonyl (C=O) groups excluding carboxylic acids is 3. The van der Waals surface area contributed by atoms with Crippen molar-refractivity contribution in [2.24, 2.45) is 11.8 Å². The summed E-state index contributed by atoms with van der Waals surface area (Å²) in [7, 11) is 0. The zero-order valence-electron chi connectivity index (χ0n) is 41.1. The first-order valence-electron chi connectivity index (χ1n) is 26.8. The van der Waals surface area contributed by atoms with Crippen LogP contribution in [-0.2, 0) is 28.6 Å². The van der Waals surface area contributed by atoms with Gasteiger partial charge >= 0.3 is 17.9 Å². The summed E-state index contributed by atoms with van der Waals surface area (Å²) >= 11 is 0. The normalized spacial score (nSPS) is 12.5. The lowest BCUT2D eigenvalue weighted by atomic mass is 9.99. The van der Waals surface area contributed by atoms with Crippen molar-refractivity contribution >= 4 is 17.9 Å². The third kappa shape index (κ3) is 45.9. The van der Waals surface area contributed by atoms with E-state index in [0.717, 1.165) is 69.6 Å². The summed E-state index contributed by atoms with van der Waals surface area (Å²) in [4.78, 5) is 38.0. The Bertz CT molecular complexity index is 918. The summed E-state index contributed by atoms with van der Waals surface area (Å²) in [6.07, 6.45) is 48.0. The average Bonchev–Trinajstić information content (AvgIpc) is 3.23. The van der Waals surface area contributed by atoms with Gasteiger partial charge in [-0.1, -0.05) is 259 Å². The van der Waals surface area contributed by atoms with Crippen molar-refractivity contribution in [3.8, 4) is 0 Å². The highest BCUT2D eigenvalue weighted by atomic mass is 16.6. The molecular weight excluding hydrogens is 745 g/mol. The van der Waals surface area contributed by atoms with Gasteiger partial charge in [0.2, 0.25) is 0 Å². The van der Waals surface area contributed by atoms with Crippen molar-refractivity contribution in [2.45, 2.75) is 304 Å². The van der Waals surface area contributed by atoms with Crippen LogP contribution in [0.5, 0.6) is 0 Å². The SMILES string of the molecule is CCCCCCCCCCCCCCC(=O)OC[C@@H](COC(=O)CCCCCCCCCCCC(C)C)OC(=O)CCCCCCCCCCCCCCCCC(C)CC. The van der Waals surface area contributed by atoms with E-state index >= 15 is 0 Å². The summed E-state index contributed by atoms with van der Waals surface area (Å²) < 4.78 is 16.8. The molecule has 0 saturated carbocycles. The molecule has 356 valence electrons. The molecule has 0 bridgehead atoms. The van der Waals surface area contributed by atoms with Gasteiger partial charge < -0.3 is 14.2 Å². The van der Waals surface area contributed by atoms with Gasteiger partial charge in [-0.25, -0.2) is 0 Å². The largest absolute Gasteiger partial charge is 0.462 e. The zero-order valence-corrected chi connectivity index (χ0v) is 41.1. The lowest BCUT2D eigenvalue weighted by molar-refractivity contribution is -0.167. The van der Waals surface area contributed by atoms with E-state index in [4.69, 9.17) is 14.2 Å². The van der Waals surface area contributed by atoms with Crippen molar-refractivity contribution in [1.29, 1.82) is 0 Å². The fourth-order valence-electron chi connectivity index (χ4n) is 8.13. The van der Waals surface area contributed by atoms with Crippen LogP contribution in [0.25, 0.3) is 0 Å². The fourth-order valence-corrected chi connectivity index (χ4v) is 8.13. The Kier molecular flexibility index (Phi) is 45.7. The highest BCUT2D eigenvalue weighted by Gasteiger charge is 2.19. The van der Waals surface area contributed by atoms with Gasteiger partial charge in [0, 0.05) is 19.3 Å². The minimum absolute atomic E-state index is 0.0635. The smallest absolute Gasteiger partial charge is 0.306 e. The summed E-state index contributed by atoms with van der Waals surface area (Å²) in [5.74, 6) is 0.856. The molecule has 0 fully saturated rings. The maximum absolute atomic E-state index is 12.8. The molecule has 1 unspecified atom stereocenters. The average molecular weight is 849 g/mol. The molecule has 6 nitrogen and oxygen atoms in total. The number of hydrogen-bond donors (Lipinski definition) is 0. The van der Waals surface area contributed by atoms with E-state index in [1.807, 2.05) is 0 Å². The topological polar surface area (TPSA) is 78.9 Å². The van der Waals surface area contributed by atoms with Crippen LogP contribution in [0.4, 0.5) is 0 Å². The molecule has 0 aromatic carbocycles. The third-order valence-electron chi connectivity index (χ3n) is 12.6. The number of ether oxygens (including phenoxy) is 3. The van der Waals surface area contributed by atoms with Gasteiger partial charge in [0.25, 0.3) is 0 Å². The molecule has 0 amide bonds. The van der Waals surface area contributed by atoms with Gasteiger partial charge in [-0.15, -0.1) is 0 Å². The van der Waals surface area contributed by atoms with Crippen molar-refractivity contribution < 1.29 is 28.6 Å². The molecule has 0 saturated heterocycles. The van der Waals surface area contributed by atoms with Crippen LogP contribution >= 0.6 is 0 Å². The number of carbonyl (C=O) groups is 3. The van der Waals surface area contributed by atoms with E-state index in [-0.39, 0.29) is 31.1 Å². The standard InChI is InChI=1S/C54H104O6/c1-6-8-9-10-11-12-13-19-24-29-34-39-44-52(55)58-47-51(48-59-53(56)45-40-35-30-26-21-22-27-32-37-42-49(3)4)60-54(57)46-41-36-31-25-20-17-15-14-16-18-23-28-33-38-43-50(5)7-2/h49-51H,6-48H2,1-5H3/t50?,51-/m0/s1. The van der Waals surface area contributed by atoms with Gasteiger partial charge in [0.05, 0.1) is 0 Å². The second-order valence-electron chi connectivity index (χ2n) is 19.2. The quantitative estimate of drug-likeness (QED) is 0.0345. The summed E-state index contributed by atoms with van der Waals surface area (Å²) in [5, 5.41) is 0. The highest BCUT2D eigenvalue weighted by Crippen LogP contribution is 2.18. The Morgan fingerprint density at radius 2 is 0.633 bits per heavy atom. The molecule has 0 rings (SSSR count). The monoisotopic (exact) mass is 849 g/mol. The van der Waals surface area contributed by atoms with Gasteiger partial charge in [-0.3, -0.25) is 14.4 Å². The first-order valence-corrected chi connectivity index (χ1v) is 26.8. The highest BCUT2D eigenvalue weighted by molar-refractivity contribution is 5.71. The molecule has 2 atom stereocenters. The first kappa shape index (κ1) is 58.4. The molecule has 0 spiro atoms. The van der Waals surface area contributed by atoms with Crippen LogP contribution in [-0.4, -0.2) is 37.2 Å². The minimum Gasteiger partial charge on any atom is -0.462 e. The number of esters is 3. The molecule has 60 heavy (non-hydrogen) atoms. The van der Waals surface area contributed by atoms with Crippen LogP contribution in [0.2, 0.25) is 0 Å². The molecule has 6 heteroatoms. The number of unbranched alkanes of at least 4 members (excludes halogenated alkanes) is 32. The second kappa shape index (κ2) is 46.9. The van der Waals surface area contributed by atoms with E-state index in [1.165, 1.54) is 186 Å². The van der Waals surface area contributed by atoms with Gasteiger partial charge in [0.1, 0.15) is 13.2 Å². The molecule has 0 aliphatic rings. The number of hydrogen-bond acceptors (Lipinski definition) is 6. The van der Waals surface area contributed by atoms with Crippen LogP contribution in [0.3, 0.4) is 0 Å². The molecule has 0 aromatic heterocycles. The Hall–Kier alpha value is -1.59. The Balaban J connectivity index is 4.29. The van der Waals surface area contributed by atoms with E-state index in [1.54, 1.807) is 0 Å². The predicted octanol–water partition coefficient (Wildman–Crippen LogP) is 17.3. The van der Waals surface area contributed by atoms with E-state index in [2.05, 4.69) is 34.6 Å². The van der Waals surface area contributed by atoms with Crippen molar-refractivity contribution in [3.63, 3.8) is 0 Å². The maximum Gasteiger partial charge on any atom is 0.306 e. The number of rotatable bonds is 48. The Morgan fingerprint density at radius 3 is 0.950 bits per heavy atom. The lowest BCUT2D eigenvalue weighted by Crippen LogP contribution is -2.30. The van der Waals surface area contributed by atoms with E-state index < -0.39 is 6.10 Å².